The molecule has 1 aromatic carbocycles. The number of aromatic nitrogens is 1. The van der Waals surface area contributed by atoms with Gasteiger partial charge in [-0.2, -0.15) is 0 Å². The molecule has 1 aromatic heterocycles. The molecule has 2 aromatic rings. The molecular weight excluding hydrogens is 220 g/mol. The van der Waals surface area contributed by atoms with E-state index >= 15 is 0 Å². The van der Waals surface area contributed by atoms with Crippen molar-refractivity contribution in [3.8, 4) is 0 Å². The average molecular weight is 235 g/mol. The number of halogens is 1. The number of aromatic amines is 1. The molecular formula is C13H15ClN2. The van der Waals surface area contributed by atoms with Gasteiger partial charge in [0.1, 0.15) is 0 Å². The number of H-pyrrole nitrogens is 1. The summed E-state index contributed by atoms with van der Waals surface area (Å²) in [6.45, 7) is 4.23. The van der Waals surface area contributed by atoms with Crippen molar-refractivity contribution >= 4 is 22.5 Å². The maximum Gasteiger partial charge on any atom is 0.0474 e. The summed E-state index contributed by atoms with van der Waals surface area (Å²) in [5.41, 5.74) is 5.17. The van der Waals surface area contributed by atoms with E-state index in [1.807, 2.05) is 6.07 Å². The Labute approximate surface area is 100 Å². The number of benzene rings is 1. The highest BCUT2D eigenvalue weighted by Crippen LogP contribution is 2.30. The fourth-order valence-corrected chi connectivity index (χ4v) is 2.64. The van der Waals surface area contributed by atoms with Crippen molar-refractivity contribution in [1.82, 2.24) is 9.88 Å². The van der Waals surface area contributed by atoms with Crippen LogP contribution in [0.15, 0.2) is 12.1 Å². The Morgan fingerprint density at radius 1 is 1.38 bits per heavy atom. The third kappa shape index (κ3) is 1.45. The summed E-state index contributed by atoms with van der Waals surface area (Å²) in [5, 5.41) is 2.18. The standard InChI is InChI=1S/C13H15ClN2/c1-8-5-9-10-7-16(2)4-3-12(10)15-13(9)6-11(8)14/h5-6,15H,3-4,7H2,1-2H3. The second-order valence-electron chi connectivity index (χ2n) is 4.72. The summed E-state index contributed by atoms with van der Waals surface area (Å²) < 4.78 is 0. The Morgan fingerprint density at radius 3 is 3.00 bits per heavy atom. The lowest BCUT2D eigenvalue weighted by atomic mass is 10.0. The van der Waals surface area contributed by atoms with Crippen LogP contribution >= 0.6 is 11.6 Å². The predicted octanol–water partition coefficient (Wildman–Crippen LogP) is 3.12. The smallest absolute Gasteiger partial charge is 0.0474 e. The third-order valence-electron chi connectivity index (χ3n) is 3.45. The summed E-state index contributed by atoms with van der Waals surface area (Å²) in [6.07, 6.45) is 1.11. The molecule has 0 aliphatic carbocycles. The van der Waals surface area contributed by atoms with Crippen LogP contribution in [0.4, 0.5) is 0 Å². The van der Waals surface area contributed by atoms with Gasteiger partial charge in [-0.25, -0.2) is 0 Å². The lowest BCUT2D eigenvalue weighted by Gasteiger charge is -2.22. The van der Waals surface area contributed by atoms with Crippen LogP contribution in [0.3, 0.4) is 0 Å². The number of likely N-dealkylation sites (N-methyl/N-ethyl adjacent to an activating group) is 1. The van der Waals surface area contributed by atoms with E-state index in [2.05, 4.69) is 29.9 Å². The van der Waals surface area contributed by atoms with Gasteiger partial charge in [0.05, 0.1) is 0 Å². The molecule has 0 amide bonds. The third-order valence-corrected chi connectivity index (χ3v) is 3.85. The van der Waals surface area contributed by atoms with Gasteiger partial charge in [-0.05, 0) is 37.2 Å². The fourth-order valence-electron chi connectivity index (χ4n) is 2.48. The van der Waals surface area contributed by atoms with Crippen molar-refractivity contribution in [1.29, 1.82) is 0 Å². The molecule has 16 heavy (non-hydrogen) atoms. The SMILES string of the molecule is Cc1cc2c3c([nH]c2cc1Cl)CCN(C)C3. The van der Waals surface area contributed by atoms with Crippen molar-refractivity contribution in [2.24, 2.45) is 0 Å². The van der Waals surface area contributed by atoms with E-state index in [0.717, 1.165) is 30.1 Å². The van der Waals surface area contributed by atoms with Crippen LogP contribution in [0.5, 0.6) is 0 Å². The minimum Gasteiger partial charge on any atom is -0.358 e. The second kappa shape index (κ2) is 3.51. The van der Waals surface area contributed by atoms with Crippen LogP contribution in [0.2, 0.25) is 5.02 Å². The molecule has 0 spiro atoms. The zero-order valence-corrected chi connectivity index (χ0v) is 10.4. The van der Waals surface area contributed by atoms with Gasteiger partial charge in [-0.1, -0.05) is 11.6 Å². The summed E-state index contributed by atoms with van der Waals surface area (Å²) in [5.74, 6) is 0. The minimum absolute atomic E-state index is 0.847. The molecule has 0 unspecified atom stereocenters. The molecule has 2 heterocycles. The average Bonchev–Trinajstić information content (AvgIpc) is 2.57. The Morgan fingerprint density at radius 2 is 2.19 bits per heavy atom. The summed E-state index contributed by atoms with van der Waals surface area (Å²) in [6, 6.07) is 4.25. The van der Waals surface area contributed by atoms with Gasteiger partial charge < -0.3 is 9.88 Å². The molecule has 1 N–H and O–H groups in total. The van der Waals surface area contributed by atoms with E-state index in [-0.39, 0.29) is 0 Å². The molecule has 3 rings (SSSR count). The molecule has 2 nitrogen and oxygen atoms in total. The lowest BCUT2D eigenvalue weighted by Crippen LogP contribution is -2.25. The summed E-state index contributed by atoms with van der Waals surface area (Å²) >= 11 is 6.15. The van der Waals surface area contributed by atoms with Crippen molar-refractivity contribution in [3.05, 3.63) is 34.0 Å². The van der Waals surface area contributed by atoms with Crippen LogP contribution in [-0.4, -0.2) is 23.5 Å². The van der Waals surface area contributed by atoms with Crippen molar-refractivity contribution in [2.45, 2.75) is 19.9 Å². The Balaban J connectivity index is 2.27. The topological polar surface area (TPSA) is 19.0 Å². The first-order chi connectivity index (χ1) is 7.65. The van der Waals surface area contributed by atoms with Crippen molar-refractivity contribution < 1.29 is 0 Å². The first kappa shape index (κ1) is 10.2. The molecule has 1 aliphatic heterocycles. The monoisotopic (exact) mass is 234 g/mol. The number of aryl methyl sites for hydroxylation is 1. The van der Waals surface area contributed by atoms with E-state index in [4.69, 9.17) is 11.6 Å². The molecule has 0 radical (unpaired) electrons. The van der Waals surface area contributed by atoms with Gasteiger partial charge in [0.25, 0.3) is 0 Å². The van der Waals surface area contributed by atoms with Crippen molar-refractivity contribution in [3.63, 3.8) is 0 Å². The van der Waals surface area contributed by atoms with Crippen LogP contribution in [0.1, 0.15) is 16.8 Å². The van der Waals surface area contributed by atoms with Gasteiger partial charge in [0.15, 0.2) is 0 Å². The van der Waals surface area contributed by atoms with Crippen LogP contribution in [0.25, 0.3) is 10.9 Å². The zero-order chi connectivity index (χ0) is 11.3. The highest BCUT2D eigenvalue weighted by molar-refractivity contribution is 6.32. The molecule has 1 aliphatic rings. The first-order valence-electron chi connectivity index (χ1n) is 5.63. The number of fused-ring (bicyclic) bond motifs is 3. The fraction of sp³-hybridized carbons (Fsp3) is 0.385. The molecule has 0 saturated carbocycles. The van der Waals surface area contributed by atoms with Crippen LogP contribution < -0.4 is 0 Å². The number of hydrogen-bond acceptors (Lipinski definition) is 1. The second-order valence-corrected chi connectivity index (χ2v) is 5.12. The minimum atomic E-state index is 0.847. The normalized spacial score (nSPS) is 16.7. The lowest BCUT2D eigenvalue weighted by molar-refractivity contribution is 0.313. The summed E-state index contributed by atoms with van der Waals surface area (Å²) in [4.78, 5) is 5.85. The van der Waals surface area contributed by atoms with Crippen LogP contribution in [0, 0.1) is 6.92 Å². The van der Waals surface area contributed by atoms with E-state index in [1.54, 1.807) is 0 Å². The quantitative estimate of drug-likeness (QED) is 0.742. The molecule has 84 valence electrons. The van der Waals surface area contributed by atoms with Gasteiger partial charge in [-0.15, -0.1) is 0 Å². The van der Waals surface area contributed by atoms with Gasteiger partial charge >= 0.3 is 0 Å². The Hall–Kier alpha value is -0.990. The zero-order valence-electron chi connectivity index (χ0n) is 9.60. The summed E-state index contributed by atoms with van der Waals surface area (Å²) in [7, 11) is 2.17. The maximum atomic E-state index is 6.15. The maximum absolute atomic E-state index is 6.15. The van der Waals surface area contributed by atoms with Gasteiger partial charge in [0, 0.05) is 41.1 Å². The molecule has 0 bridgehead atoms. The Bertz CT molecular complexity index is 557. The molecule has 0 atom stereocenters. The number of nitrogens with zero attached hydrogens (tertiary/aromatic N) is 1. The first-order valence-corrected chi connectivity index (χ1v) is 6.01. The predicted molar refractivity (Wildman–Crippen MR) is 68.1 cm³/mol. The van der Waals surface area contributed by atoms with Crippen molar-refractivity contribution in [2.75, 3.05) is 13.6 Å². The highest BCUT2D eigenvalue weighted by Gasteiger charge is 2.18. The van der Waals surface area contributed by atoms with E-state index < -0.39 is 0 Å². The van der Waals surface area contributed by atoms with E-state index in [1.165, 1.54) is 22.2 Å². The highest BCUT2D eigenvalue weighted by atomic mass is 35.5. The molecule has 3 heteroatoms. The number of hydrogen-bond donors (Lipinski definition) is 1. The largest absolute Gasteiger partial charge is 0.358 e. The van der Waals surface area contributed by atoms with E-state index in [9.17, 15) is 0 Å². The number of nitrogens with one attached hydrogen (secondary N) is 1. The van der Waals surface area contributed by atoms with E-state index in [0.29, 0.717) is 0 Å². The van der Waals surface area contributed by atoms with Gasteiger partial charge in [-0.3, -0.25) is 0 Å². The molecule has 0 saturated heterocycles. The number of rotatable bonds is 0. The Kier molecular flexibility index (Phi) is 2.23. The molecule has 0 fully saturated rings. The van der Waals surface area contributed by atoms with Gasteiger partial charge in [0.2, 0.25) is 0 Å². The van der Waals surface area contributed by atoms with Crippen LogP contribution in [-0.2, 0) is 13.0 Å².